The topological polar surface area (TPSA) is 159 Å². The molecule has 0 saturated carbocycles. The molecule has 0 unspecified atom stereocenters. The molecule has 2 aromatic carbocycles. The number of hydrazone groups is 1. The summed E-state index contributed by atoms with van der Waals surface area (Å²) in [4.78, 5) is 15.4. The fourth-order valence-electron chi connectivity index (χ4n) is 4.00. The number of nitrogens with two attached hydrogens (primary N) is 1. The van der Waals surface area contributed by atoms with E-state index >= 15 is 0 Å². The van der Waals surface area contributed by atoms with Crippen LogP contribution in [0.25, 0.3) is 5.82 Å². The molecule has 0 saturated heterocycles. The number of carbonyl (C=O) groups excluding carboxylic acids is 1. The smallest absolute Gasteiger partial charge is 0.292 e. The van der Waals surface area contributed by atoms with Crippen molar-refractivity contribution in [1.29, 1.82) is 0 Å². The van der Waals surface area contributed by atoms with Crippen molar-refractivity contribution in [2.75, 3.05) is 25.4 Å². The Kier molecular flexibility index (Phi) is 10.0. The van der Waals surface area contributed by atoms with E-state index in [2.05, 4.69) is 52.0 Å². The lowest BCUT2D eigenvalue weighted by Gasteiger charge is -2.16. The Morgan fingerprint density at radius 1 is 1.20 bits per heavy atom. The van der Waals surface area contributed by atoms with Crippen LogP contribution < -0.4 is 20.6 Å². The molecule has 3 N–H and O–H groups in total. The van der Waals surface area contributed by atoms with Gasteiger partial charge in [0.15, 0.2) is 17.2 Å². The van der Waals surface area contributed by atoms with Gasteiger partial charge in [0.05, 0.1) is 17.3 Å². The fourth-order valence-corrected chi connectivity index (χ4v) is 4.57. The lowest BCUT2D eigenvalue weighted by Crippen LogP contribution is -2.27. The highest BCUT2D eigenvalue weighted by molar-refractivity contribution is 9.10. The highest BCUT2D eigenvalue weighted by Crippen LogP contribution is 2.37. The summed E-state index contributed by atoms with van der Waals surface area (Å²) < 4.78 is 18.5. The predicted octanol–water partition coefficient (Wildman–Crippen LogP) is 3.89. The minimum Gasteiger partial charge on any atom is -0.490 e. The van der Waals surface area contributed by atoms with E-state index in [1.54, 1.807) is 6.07 Å². The third-order valence-electron chi connectivity index (χ3n) is 6.26. The van der Waals surface area contributed by atoms with Crippen LogP contribution in [0.2, 0.25) is 0 Å². The molecule has 0 aliphatic carbocycles. The summed E-state index contributed by atoms with van der Waals surface area (Å²) in [5.41, 5.74) is 11.8. The van der Waals surface area contributed by atoms with Crippen LogP contribution in [0.3, 0.4) is 0 Å². The van der Waals surface area contributed by atoms with E-state index in [1.165, 1.54) is 10.9 Å². The van der Waals surface area contributed by atoms with Crippen LogP contribution in [0, 0.1) is 6.92 Å². The summed E-state index contributed by atoms with van der Waals surface area (Å²) in [6, 6.07) is 11.6. The molecule has 14 heteroatoms. The van der Waals surface area contributed by atoms with Crippen LogP contribution in [0.4, 0.5) is 5.82 Å². The number of hydrogen-bond acceptors (Lipinski definition) is 11. The van der Waals surface area contributed by atoms with Gasteiger partial charge in [0.25, 0.3) is 5.91 Å². The number of nitrogen functional groups attached to an aromatic ring is 1. The van der Waals surface area contributed by atoms with E-state index in [4.69, 9.17) is 19.8 Å². The maximum Gasteiger partial charge on any atom is 0.292 e. The summed E-state index contributed by atoms with van der Waals surface area (Å²) in [6.07, 6.45) is 1.50. The molecule has 2 heterocycles. The van der Waals surface area contributed by atoms with E-state index in [0.717, 1.165) is 24.2 Å². The van der Waals surface area contributed by atoms with Gasteiger partial charge in [-0.1, -0.05) is 43.3 Å². The third kappa shape index (κ3) is 7.08. The SMILES string of the molecule is CCOc1cc(/C=N/NC(=O)c2c(CN(CC)CC)nnn2-c2nonc2N)cc(Br)c1OCc1ccccc1C. The Bertz CT molecular complexity index is 1510. The first-order valence-electron chi connectivity index (χ1n) is 13.1. The highest BCUT2D eigenvalue weighted by atomic mass is 79.9. The monoisotopic (exact) mass is 625 g/mol. The number of hydrogen-bond donors (Lipinski definition) is 2. The highest BCUT2D eigenvalue weighted by Gasteiger charge is 2.26. The lowest BCUT2D eigenvalue weighted by molar-refractivity contribution is 0.0945. The zero-order chi connectivity index (χ0) is 29.4. The first kappa shape index (κ1) is 29.7. The van der Waals surface area contributed by atoms with Gasteiger partial charge in [-0.15, -0.1) is 5.10 Å². The van der Waals surface area contributed by atoms with E-state index in [-0.39, 0.29) is 17.3 Å². The molecule has 4 rings (SSSR count). The largest absolute Gasteiger partial charge is 0.490 e. The lowest BCUT2D eigenvalue weighted by atomic mass is 10.1. The van der Waals surface area contributed by atoms with Crippen LogP contribution in [-0.4, -0.2) is 62.0 Å². The minimum absolute atomic E-state index is 0.0279. The zero-order valence-corrected chi connectivity index (χ0v) is 24.9. The molecule has 0 fully saturated rings. The van der Waals surface area contributed by atoms with Crippen molar-refractivity contribution < 1.29 is 18.9 Å². The molecule has 2 aromatic heterocycles. The second-order valence-corrected chi connectivity index (χ2v) is 9.76. The van der Waals surface area contributed by atoms with E-state index in [9.17, 15) is 4.79 Å². The van der Waals surface area contributed by atoms with E-state index in [0.29, 0.717) is 47.0 Å². The molecule has 0 bridgehead atoms. The zero-order valence-electron chi connectivity index (χ0n) is 23.3. The van der Waals surface area contributed by atoms with Crippen LogP contribution in [0.1, 0.15) is 53.6 Å². The Hall–Kier alpha value is -4.30. The summed E-state index contributed by atoms with van der Waals surface area (Å²) >= 11 is 3.58. The van der Waals surface area contributed by atoms with Crippen molar-refractivity contribution >= 4 is 33.9 Å². The fraction of sp³-hybridized carbons (Fsp3) is 0.333. The van der Waals surface area contributed by atoms with Gasteiger partial charge in [0.1, 0.15) is 12.3 Å². The molecule has 0 radical (unpaired) electrons. The van der Waals surface area contributed by atoms with Gasteiger partial charge in [-0.2, -0.15) is 9.78 Å². The molecule has 0 atom stereocenters. The van der Waals surface area contributed by atoms with Crippen LogP contribution in [0.5, 0.6) is 11.5 Å². The van der Waals surface area contributed by atoms with Gasteiger partial charge in [-0.05, 0) is 82.0 Å². The van der Waals surface area contributed by atoms with Crippen LogP contribution in [-0.2, 0) is 13.2 Å². The molecule has 41 heavy (non-hydrogen) atoms. The Labute approximate surface area is 245 Å². The molecular formula is C27H32BrN9O4. The maximum atomic E-state index is 13.3. The Balaban J connectivity index is 1.55. The molecule has 0 spiro atoms. The van der Waals surface area contributed by atoms with Crippen molar-refractivity contribution in [3.63, 3.8) is 0 Å². The standard InChI is InChI=1S/C27H32BrN9O4/c1-5-36(6-2)15-21-23(37(35-31-21)26-25(29)33-41-34-26)27(38)32-30-14-18-12-20(28)24(22(13-18)39-7-3)40-16-19-11-9-8-10-17(19)4/h8-14H,5-7,15-16H2,1-4H3,(H2,29,33)(H,32,38)/b30-14+. The normalized spacial score (nSPS) is 11.4. The number of amides is 1. The molecule has 0 aliphatic rings. The minimum atomic E-state index is -0.557. The number of carbonyl (C=O) groups is 1. The maximum absolute atomic E-state index is 13.3. The number of ether oxygens (including phenoxy) is 2. The number of halogens is 1. The summed E-state index contributed by atoms with van der Waals surface area (Å²) in [5.74, 6) is 0.592. The number of rotatable bonds is 13. The van der Waals surface area contributed by atoms with Crippen molar-refractivity contribution in [2.45, 2.75) is 40.8 Å². The van der Waals surface area contributed by atoms with Crippen LogP contribution >= 0.6 is 15.9 Å². The first-order chi connectivity index (χ1) is 19.9. The van der Waals surface area contributed by atoms with Gasteiger partial charge in [-0.25, -0.2) is 10.1 Å². The molecular weight excluding hydrogens is 594 g/mol. The first-order valence-corrected chi connectivity index (χ1v) is 13.9. The number of anilines is 1. The Morgan fingerprint density at radius 3 is 2.66 bits per heavy atom. The summed E-state index contributed by atoms with van der Waals surface area (Å²) in [6.45, 7) is 10.7. The van der Waals surface area contributed by atoms with Gasteiger partial charge in [-0.3, -0.25) is 9.69 Å². The quantitative estimate of drug-likeness (QED) is 0.165. The second kappa shape index (κ2) is 13.9. The van der Waals surface area contributed by atoms with Crippen molar-refractivity contribution in [3.8, 4) is 17.3 Å². The molecule has 0 aliphatic heterocycles. The second-order valence-electron chi connectivity index (χ2n) is 8.91. The number of nitrogens with one attached hydrogen (secondary N) is 1. The van der Waals surface area contributed by atoms with Gasteiger partial charge in [0, 0.05) is 6.54 Å². The molecule has 4 aromatic rings. The average Bonchev–Trinajstić information content (AvgIpc) is 3.57. The Morgan fingerprint density at radius 2 is 1.98 bits per heavy atom. The molecule has 216 valence electrons. The summed E-state index contributed by atoms with van der Waals surface area (Å²) in [5, 5.41) is 19.8. The third-order valence-corrected chi connectivity index (χ3v) is 6.85. The number of benzene rings is 2. The van der Waals surface area contributed by atoms with Crippen molar-refractivity contribution in [1.82, 2.24) is 35.6 Å². The average molecular weight is 627 g/mol. The van der Waals surface area contributed by atoms with E-state index < -0.39 is 5.91 Å². The molecule has 1 amide bonds. The van der Waals surface area contributed by atoms with Crippen molar-refractivity contribution in [3.05, 3.63) is 68.9 Å². The van der Waals surface area contributed by atoms with Crippen LogP contribution in [0.15, 0.2) is 50.6 Å². The number of aryl methyl sites for hydroxylation is 1. The predicted molar refractivity (Wildman–Crippen MR) is 156 cm³/mol. The number of aromatic nitrogens is 5. The van der Waals surface area contributed by atoms with Crippen molar-refractivity contribution in [2.24, 2.45) is 5.10 Å². The van der Waals surface area contributed by atoms with Gasteiger partial charge < -0.3 is 15.2 Å². The van der Waals surface area contributed by atoms with E-state index in [1.807, 2.05) is 58.0 Å². The van der Waals surface area contributed by atoms with Gasteiger partial charge >= 0.3 is 0 Å². The number of nitrogens with zero attached hydrogens (tertiary/aromatic N) is 7. The molecule has 13 nitrogen and oxygen atoms in total. The van der Waals surface area contributed by atoms with Gasteiger partial charge in [0.2, 0.25) is 11.6 Å². The summed E-state index contributed by atoms with van der Waals surface area (Å²) in [7, 11) is 0.